The van der Waals surface area contributed by atoms with Crippen LogP contribution in [-0.2, 0) is 9.84 Å². The Hall–Kier alpha value is -4.40. The first-order valence-electron chi connectivity index (χ1n) is 12.2. The Bertz CT molecular complexity index is 1740. The van der Waals surface area contributed by atoms with Crippen molar-refractivity contribution in [1.82, 2.24) is 34.7 Å². The molecular weight excluding hydrogens is 529 g/mol. The molecule has 202 valence electrons. The summed E-state index contributed by atoms with van der Waals surface area (Å²) in [5.74, 6) is -2.21. The topological polar surface area (TPSA) is 195 Å². The first-order chi connectivity index (χ1) is 18.5. The third-order valence-corrected chi connectivity index (χ3v) is 8.71. The smallest absolute Gasteiger partial charge is 0.292 e. The quantitative estimate of drug-likeness (QED) is 0.326. The average Bonchev–Trinajstić information content (AvgIpc) is 3.61. The van der Waals surface area contributed by atoms with Crippen LogP contribution in [0.25, 0.3) is 16.8 Å². The van der Waals surface area contributed by atoms with Gasteiger partial charge in [-0.15, -0.1) is 10.2 Å². The second kappa shape index (κ2) is 8.83. The van der Waals surface area contributed by atoms with E-state index in [1.165, 1.54) is 29.2 Å². The largest absolute Gasteiger partial charge is 0.382 e. The van der Waals surface area contributed by atoms with Crippen molar-refractivity contribution in [3.05, 3.63) is 53.6 Å². The molecule has 4 aromatic rings. The molecule has 0 saturated carbocycles. The van der Waals surface area contributed by atoms with Crippen molar-refractivity contribution in [2.75, 3.05) is 12.0 Å². The van der Waals surface area contributed by atoms with E-state index in [0.29, 0.717) is 29.7 Å². The molecule has 0 aliphatic carbocycles. The number of hydrogen-bond donors (Lipinski definition) is 3. The zero-order valence-electron chi connectivity index (χ0n) is 20.7. The number of hydrogen-bond acceptors (Lipinski definition) is 9. The molecule has 15 heteroatoms. The van der Waals surface area contributed by atoms with Crippen molar-refractivity contribution in [2.24, 2.45) is 5.73 Å². The van der Waals surface area contributed by atoms with E-state index in [-0.39, 0.29) is 51.7 Å². The molecule has 2 bridgehead atoms. The van der Waals surface area contributed by atoms with Gasteiger partial charge in [0.1, 0.15) is 22.9 Å². The summed E-state index contributed by atoms with van der Waals surface area (Å²) in [4.78, 5) is 33.7. The van der Waals surface area contributed by atoms with Crippen LogP contribution in [0, 0.1) is 5.82 Å². The summed E-state index contributed by atoms with van der Waals surface area (Å²) >= 11 is 0. The van der Waals surface area contributed by atoms with Gasteiger partial charge in [0, 0.05) is 29.8 Å². The Kier molecular flexibility index (Phi) is 5.64. The molecule has 13 nitrogen and oxygen atoms in total. The fraction of sp³-hybridized carbons (Fsp3) is 0.333. The van der Waals surface area contributed by atoms with Crippen LogP contribution in [-0.4, -0.2) is 73.3 Å². The summed E-state index contributed by atoms with van der Waals surface area (Å²) in [6.07, 6.45) is 6.30. The number of sulfone groups is 1. The van der Waals surface area contributed by atoms with Crippen LogP contribution in [0.15, 0.2) is 35.6 Å². The van der Waals surface area contributed by atoms with Crippen molar-refractivity contribution >= 4 is 33.1 Å². The first-order valence-corrected chi connectivity index (χ1v) is 14.1. The number of benzene rings is 1. The third kappa shape index (κ3) is 4.00. The molecule has 3 atom stereocenters. The standard InChI is InChI=1S/C24H24FN9O4S/c1-39(37,38)19-18(12-6-13-3-4-14(7-12)33(13)24(36)22-28-10-29-32-22)31-23-16(9-30-34(23)20(19)26)11-2-5-15(21(27)35)17(25)8-11/h2,5,8-10,12-14H,3-4,6-7,26H2,1H3,(H2,27,35)(H,28,29,32)/t12-,13+,14-. The number of halogens is 1. The Morgan fingerprint density at radius 1 is 1.18 bits per heavy atom. The zero-order chi connectivity index (χ0) is 27.6. The number of aromatic nitrogens is 6. The van der Waals surface area contributed by atoms with Gasteiger partial charge in [-0.05, 0) is 43.4 Å². The van der Waals surface area contributed by atoms with Crippen LogP contribution in [0.5, 0.6) is 0 Å². The molecule has 3 aromatic heterocycles. The SMILES string of the molecule is CS(=O)(=O)c1c([C@H]2C[C@H]3CC[C@@H](C2)N3C(=O)c2nnc[nH]2)nc2c(-c3ccc(C(N)=O)c(F)c3)cnn2c1N. The third-order valence-electron chi connectivity index (χ3n) is 7.55. The van der Waals surface area contributed by atoms with Gasteiger partial charge in [-0.1, -0.05) is 6.07 Å². The number of piperidine rings is 1. The minimum atomic E-state index is -3.83. The Morgan fingerprint density at radius 2 is 1.90 bits per heavy atom. The number of nitrogens with one attached hydrogen (secondary N) is 1. The molecular formula is C24H24FN9O4S. The van der Waals surface area contributed by atoms with Crippen molar-refractivity contribution in [2.45, 2.75) is 48.6 Å². The maximum atomic E-state index is 14.6. The number of aromatic amines is 1. The highest BCUT2D eigenvalue weighted by Crippen LogP contribution is 2.45. The molecule has 2 fully saturated rings. The minimum absolute atomic E-state index is 0.106. The molecule has 39 heavy (non-hydrogen) atoms. The van der Waals surface area contributed by atoms with Crippen LogP contribution >= 0.6 is 0 Å². The van der Waals surface area contributed by atoms with Gasteiger partial charge in [-0.3, -0.25) is 9.59 Å². The summed E-state index contributed by atoms with van der Waals surface area (Å²) < 4.78 is 41.7. The number of H-pyrrole nitrogens is 1. The molecule has 0 radical (unpaired) electrons. The van der Waals surface area contributed by atoms with E-state index >= 15 is 0 Å². The molecule has 5 N–H and O–H groups in total. The lowest BCUT2D eigenvalue weighted by Gasteiger charge is -2.38. The fourth-order valence-corrected chi connectivity index (χ4v) is 6.98. The van der Waals surface area contributed by atoms with Gasteiger partial charge < -0.3 is 21.4 Å². The van der Waals surface area contributed by atoms with Gasteiger partial charge in [-0.2, -0.15) is 9.61 Å². The average molecular weight is 554 g/mol. The number of amides is 2. The van der Waals surface area contributed by atoms with Gasteiger partial charge in [0.25, 0.3) is 11.8 Å². The molecule has 0 unspecified atom stereocenters. The number of primary amides is 1. The van der Waals surface area contributed by atoms with Crippen LogP contribution in [0.4, 0.5) is 10.2 Å². The van der Waals surface area contributed by atoms with Gasteiger partial charge >= 0.3 is 0 Å². The molecule has 6 rings (SSSR count). The molecule has 2 amide bonds. The number of nitrogen functional groups attached to an aromatic ring is 1. The molecule has 2 aliphatic heterocycles. The van der Waals surface area contributed by atoms with Crippen molar-refractivity contribution in [3.8, 4) is 11.1 Å². The number of nitrogens with two attached hydrogens (primary N) is 2. The highest BCUT2D eigenvalue weighted by atomic mass is 32.2. The maximum absolute atomic E-state index is 14.6. The van der Waals surface area contributed by atoms with E-state index in [4.69, 9.17) is 16.5 Å². The number of rotatable bonds is 5. The number of fused-ring (bicyclic) bond motifs is 3. The Labute approximate surface area is 221 Å². The molecule has 5 heterocycles. The Balaban J connectivity index is 1.45. The van der Waals surface area contributed by atoms with E-state index in [9.17, 15) is 22.4 Å². The highest BCUT2D eigenvalue weighted by molar-refractivity contribution is 7.91. The number of anilines is 1. The Morgan fingerprint density at radius 3 is 2.49 bits per heavy atom. The number of carbonyl (C=O) groups excluding carboxylic acids is 2. The summed E-state index contributed by atoms with van der Waals surface area (Å²) in [6, 6.07) is 3.64. The number of nitrogens with zero attached hydrogens (tertiary/aromatic N) is 6. The normalized spacial score (nSPS) is 21.0. The van der Waals surface area contributed by atoms with Gasteiger partial charge in [0.05, 0.1) is 17.5 Å². The van der Waals surface area contributed by atoms with Crippen LogP contribution in [0.3, 0.4) is 0 Å². The van der Waals surface area contributed by atoms with Gasteiger partial charge in [0.2, 0.25) is 5.82 Å². The zero-order valence-corrected chi connectivity index (χ0v) is 21.5. The highest BCUT2D eigenvalue weighted by Gasteiger charge is 2.46. The lowest BCUT2D eigenvalue weighted by atomic mass is 9.87. The lowest BCUT2D eigenvalue weighted by molar-refractivity contribution is 0.0556. The summed E-state index contributed by atoms with van der Waals surface area (Å²) in [6.45, 7) is 0. The maximum Gasteiger partial charge on any atom is 0.292 e. The van der Waals surface area contributed by atoms with Crippen LogP contribution < -0.4 is 11.5 Å². The molecule has 1 aromatic carbocycles. The van der Waals surface area contributed by atoms with E-state index in [1.54, 1.807) is 4.90 Å². The van der Waals surface area contributed by atoms with Crippen LogP contribution in [0.1, 0.15) is 58.3 Å². The summed E-state index contributed by atoms with van der Waals surface area (Å²) in [7, 11) is -3.83. The molecule has 0 spiro atoms. The van der Waals surface area contributed by atoms with E-state index in [2.05, 4.69) is 20.3 Å². The van der Waals surface area contributed by atoms with E-state index in [1.807, 2.05) is 0 Å². The summed E-state index contributed by atoms with van der Waals surface area (Å²) in [5, 5.41) is 11.8. The van der Waals surface area contributed by atoms with Crippen LogP contribution in [0.2, 0.25) is 0 Å². The lowest BCUT2D eigenvalue weighted by Crippen LogP contribution is -2.46. The first kappa shape index (κ1) is 24.9. The van der Waals surface area contributed by atoms with Crippen molar-refractivity contribution in [1.29, 1.82) is 0 Å². The molecule has 2 saturated heterocycles. The number of carbonyl (C=O) groups is 2. The minimum Gasteiger partial charge on any atom is -0.382 e. The monoisotopic (exact) mass is 553 g/mol. The second-order valence-corrected chi connectivity index (χ2v) is 11.9. The van der Waals surface area contributed by atoms with Crippen molar-refractivity contribution < 1.29 is 22.4 Å². The fourth-order valence-electron chi connectivity index (χ4n) is 5.92. The van der Waals surface area contributed by atoms with E-state index in [0.717, 1.165) is 25.2 Å². The van der Waals surface area contributed by atoms with Gasteiger partial charge in [-0.25, -0.2) is 17.8 Å². The van der Waals surface area contributed by atoms with E-state index < -0.39 is 21.6 Å². The second-order valence-electron chi connectivity index (χ2n) is 9.94. The predicted molar refractivity (Wildman–Crippen MR) is 136 cm³/mol. The molecule has 2 aliphatic rings. The predicted octanol–water partition coefficient (Wildman–Crippen LogP) is 1.29. The van der Waals surface area contributed by atoms with Gasteiger partial charge in [0.15, 0.2) is 15.5 Å². The summed E-state index contributed by atoms with van der Waals surface area (Å²) in [5.41, 5.74) is 12.7. The van der Waals surface area contributed by atoms with Crippen molar-refractivity contribution in [3.63, 3.8) is 0 Å².